The maximum Gasteiger partial charge on any atom is 0.508 e. The maximum absolute atomic E-state index is 12.9. The van der Waals surface area contributed by atoms with E-state index in [2.05, 4.69) is 4.74 Å². The first-order valence-electron chi connectivity index (χ1n) is 12.8. The number of benzene rings is 2. The Balaban J connectivity index is 0.00000114. The van der Waals surface area contributed by atoms with E-state index in [1.165, 1.54) is 26.2 Å². The van der Waals surface area contributed by atoms with Gasteiger partial charge >= 0.3 is 24.2 Å². The van der Waals surface area contributed by atoms with Crippen molar-refractivity contribution in [3.05, 3.63) is 35.4 Å². The van der Waals surface area contributed by atoms with Gasteiger partial charge in [-0.3, -0.25) is 4.90 Å². The smallest absolute Gasteiger partial charge is 0.489 e. The molecule has 1 amide bonds. The minimum absolute atomic E-state index is 0. The van der Waals surface area contributed by atoms with Crippen molar-refractivity contribution in [3.63, 3.8) is 0 Å². The van der Waals surface area contributed by atoms with Gasteiger partial charge < -0.3 is 28.4 Å². The van der Waals surface area contributed by atoms with Crippen molar-refractivity contribution in [2.75, 3.05) is 39.4 Å². The molecule has 0 saturated heterocycles. The Bertz CT molecular complexity index is 1210. The van der Waals surface area contributed by atoms with Crippen LogP contribution in [-0.4, -0.2) is 69.9 Å². The molecule has 2 aromatic carbocycles. The Kier molecular flexibility index (Phi) is 14.9. The summed E-state index contributed by atoms with van der Waals surface area (Å²) in [6.07, 6.45) is -1.21. The zero-order valence-electron chi connectivity index (χ0n) is 25.7. The number of ether oxygens (including phenoxy) is 6. The van der Waals surface area contributed by atoms with E-state index in [0.29, 0.717) is 16.5 Å². The van der Waals surface area contributed by atoms with Crippen LogP contribution in [0.25, 0.3) is 10.8 Å². The molecular formula is C29H41NO10W. The molecule has 3 rings (SSSR count). The van der Waals surface area contributed by atoms with Gasteiger partial charge in [0.2, 0.25) is 0 Å². The predicted molar refractivity (Wildman–Crippen MR) is 150 cm³/mol. The molecular weight excluding hydrogens is 706 g/mol. The van der Waals surface area contributed by atoms with Gasteiger partial charge in [-0.15, -0.1) is 0 Å². The standard InChI is InChI=1S/C21H23NO7.C6H12O3.C2H6.W/c1-21(2,3)29-20(25)22-10-11-28-17-15(19(24)27-5)14(18(23)26-4)12-8-6-7-9-13(12)16(17)22;1-6(2,3)9-5(7)8-4;1-2;/h6-9H,10-11H2,1-5H3;1-4H3;1-2H3;. The summed E-state index contributed by atoms with van der Waals surface area (Å²) in [4.78, 5) is 49.9. The summed E-state index contributed by atoms with van der Waals surface area (Å²) in [5.74, 6) is -1.38. The summed E-state index contributed by atoms with van der Waals surface area (Å²) in [5.41, 5.74) is -0.856. The molecule has 0 aliphatic carbocycles. The second kappa shape index (κ2) is 16.2. The molecule has 0 atom stereocenters. The maximum atomic E-state index is 12.9. The molecule has 0 fully saturated rings. The molecule has 0 radical (unpaired) electrons. The fourth-order valence-corrected chi connectivity index (χ4v) is 3.56. The van der Waals surface area contributed by atoms with Gasteiger partial charge in [0, 0.05) is 26.5 Å². The van der Waals surface area contributed by atoms with Gasteiger partial charge in [-0.05, 0) is 46.9 Å². The predicted octanol–water partition coefficient (Wildman–Crippen LogP) is 6.14. The number of esters is 2. The molecule has 41 heavy (non-hydrogen) atoms. The molecule has 0 bridgehead atoms. The first kappa shape index (κ1) is 37.7. The van der Waals surface area contributed by atoms with Crippen molar-refractivity contribution in [1.82, 2.24) is 0 Å². The van der Waals surface area contributed by atoms with E-state index in [1.807, 2.05) is 13.8 Å². The number of amides is 1. The first-order chi connectivity index (χ1) is 18.6. The molecule has 0 N–H and O–H groups in total. The number of rotatable bonds is 2. The quantitative estimate of drug-likeness (QED) is 0.261. The van der Waals surface area contributed by atoms with Crippen LogP contribution in [0, 0.1) is 0 Å². The van der Waals surface area contributed by atoms with Gasteiger partial charge in [0.25, 0.3) is 0 Å². The Labute approximate surface area is 256 Å². The van der Waals surface area contributed by atoms with Gasteiger partial charge in [-0.25, -0.2) is 19.2 Å². The Morgan fingerprint density at radius 3 is 1.68 bits per heavy atom. The number of hydrogen-bond donors (Lipinski definition) is 0. The fourth-order valence-electron chi connectivity index (χ4n) is 3.56. The van der Waals surface area contributed by atoms with Crippen LogP contribution in [0.3, 0.4) is 0 Å². The molecule has 0 spiro atoms. The van der Waals surface area contributed by atoms with Gasteiger partial charge in [0.15, 0.2) is 5.75 Å². The van der Waals surface area contributed by atoms with E-state index in [1.54, 1.807) is 65.8 Å². The molecule has 12 heteroatoms. The summed E-state index contributed by atoms with van der Waals surface area (Å²) in [7, 11) is 3.72. The second-order valence-electron chi connectivity index (χ2n) is 10.1. The third kappa shape index (κ3) is 10.2. The fraction of sp³-hybridized carbons (Fsp3) is 0.517. The Hall–Kier alpha value is -3.33. The molecule has 11 nitrogen and oxygen atoms in total. The number of carbonyl (C=O) groups is 4. The van der Waals surface area contributed by atoms with Crippen LogP contribution < -0.4 is 9.64 Å². The van der Waals surface area contributed by atoms with Crippen LogP contribution in [0.2, 0.25) is 0 Å². The number of fused-ring (bicyclic) bond motifs is 3. The SMILES string of the molecule is CC.COC(=O)OC(C)(C)C.COC(=O)c1c2c(c3ccccc3c1C(=O)OC)N(C(=O)OC(C)(C)C)CCO2.[W]. The van der Waals surface area contributed by atoms with Crippen LogP contribution in [0.4, 0.5) is 15.3 Å². The largest absolute Gasteiger partial charge is 0.508 e. The third-order valence-electron chi connectivity index (χ3n) is 4.92. The van der Waals surface area contributed by atoms with Crippen LogP contribution in [0.5, 0.6) is 5.75 Å². The minimum Gasteiger partial charge on any atom is -0.489 e. The van der Waals surface area contributed by atoms with Gasteiger partial charge in [-0.1, -0.05) is 38.1 Å². The van der Waals surface area contributed by atoms with Crippen molar-refractivity contribution in [2.45, 2.75) is 66.6 Å². The molecule has 1 heterocycles. The second-order valence-corrected chi connectivity index (χ2v) is 10.1. The van der Waals surface area contributed by atoms with Crippen molar-refractivity contribution in [1.29, 1.82) is 0 Å². The van der Waals surface area contributed by atoms with Crippen molar-refractivity contribution in [2.24, 2.45) is 0 Å². The van der Waals surface area contributed by atoms with Crippen molar-refractivity contribution in [3.8, 4) is 5.75 Å². The first-order valence-corrected chi connectivity index (χ1v) is 12.8. The van der Waals surface area contributed by atoms with Crippen LogP contribution in [-0.2, 0) is 44.7 Å². The Morgan fingerprint density at radius 2 is 1.24 bits per heavy atom. The number of hydrogen-bond acceptors (Lipinski definition) is 10. The molecule has 2 aromatic rings. The summed E-state index contributed by atoms with van der Waals surface area (Å²) in [6.45, 7) is 15.0. The van der Waals surface area contributed by atoms with E-state index in [9.17, 15) is 19.2 Å². The summed E-state index contributed by atoms with van der Waals surface area (Å²) in [6, 6.07) is 6.91. The monoisotopic (exact) mass is 747 g/mol. The zero-order chi connectivity index (χ0) is 30.8. The number of carbonyl (C=O) groups excluding carboxylic acids is 4. The molecule has 0 unspecified atom stereocenters. The van der Waals surface area contributed by atoms with Gasteiger partial charge in [-0.2, -0.15) is 0 Å². The molecule has 1 aliphatic rings. The van der Waals surface area contributed by atoms with E-state index in [4.69, 9.17) is 23.7 Å². The number of anilines is 1. The molecule has 1 aliphatic heterocycles. The molecule has 0 saturated carbocycles. The van der Waals surface area contributed by atoms with Gasteiger partial charge in [0.1, 0.15) is 23.4 Å². The van der Waals surface area contributed by atoms with E-state index < -0.39 is 35.4 Å². The van der Waals surface area contributed by atoms with E-state index in [0.717, 1.165) is 0 Å². The third-order valence-corrected chi connectivity index (χ3v) is 4.92. The van der Waals surface area contributed by atoms with Crippen molar-refractivity contribution >= 4 is 40.6 Å². The average molecular weight is 747 g/mol. The number of methoxy groups -OCH3 is 3. The topological polar surface area (TPSA) is 127 Å². The average Bonchev–Trinajstić information content (AvgIpc) is 2.90. The minimum atomic E-state index is -0.765. The van der Waals surface area contributed by atoms with E-state index in [-0.39, 0.29) is 51.1 Å². The van der Waals surface area contributed by atoms with Crippen molar-refractivity contribution < 1.29 is 68.7 Å². The molecule has 228 valence electrons. The van der Waals surface area contributed by atoms with Crippen LogP contribution >= 0.6 is 0 Å². The number of nitrogens with zero attached hydrogens (tertiary/aromatic N) is 1. The Morgan fingerprint density at radius 1 is 0.756 bits per heavy atom. The summed E-state index contributed by atoms with van der Waals surface area (Å²) in [5, 5.41) is 0.999. The van der Waals surface area contributed by atoms with E-state index >= 15 is 0 Å². The summed E-state index contributed by atoms with van der Waals surface area (Å²) >= 11 is 0. The van der Waals surface area contributed by atoms with Crippen LogP contribution in [0.1, 0.15) is 76.1 Å². The normalized spacial score (nSPS) is 11.9. The zero-order valence-corrected chi connectivity index (χ0v) is 28.6. The molecule has 0 aromatic heterocycles. The summed E-state index contributed by atoms with van der Waals surface area (Å²) < 4.78 is 30.1. The van der Waals surface area contributed by atoms with Gasteiger partial charge in [0.05, 0.1) is 39.1 Å². The van der Waals surface area contributed by atoms with Crippen LogP contribution in [0.15, 0.2) is 24.3 Å².